The Bertz CT molecular complexity index is 1110. The van der Waals surface area contributed by atoms with E-state index in [1.54, 1.807) is 0 Å². The van der Waals surface area contributed by atoms with E-state index in [1.165, 1.54) is 82.5 Å². The van der Waals surface area contributed by atoms with Gasteiger partial charge in [-0.15, -0.1) is 0 Å². The minimum Gasteiger partial charge on any atom is -0.465 e. The van der Waals surface area contributed by atoms with Gasteiger partial charge >= 0.3 is 5.97 Å². The summed E-state index contributed by atoms with van der Waals surface area (Å²) in [6, 6.07) is 8.15. The zero-order valence-electron chi connectivity index (χ0n) is 24.6. The Morgan fingerprint density at radius 1 is 0.784 bits per heavy atom. The second-order valence-electron chi connectivity index (χ2n) is 15.4. The molecule has 0 aliphatic heterocycles. The van der Waals surface area contributed by atoms with Crippen molar-refractivity contribution in [3.63, 3.8) is 0 Å². The van der Waals surface area contributed by atoms with Gasteiger partial charge in [0.15, 0.2) is 0 Å². The minimum atomic E-state index is -0.257. The average molecular weight is 503 g/mol. The Labute approximate surface area is 226 Å². The Balaban J connectivity index is 1.34. The van der Waals surface area contributed by atoms with Gasteiger partial charge in [0, 0.05) is 0 Å². The molecule has 5 aliphatic carbocycles. The summed E-state index contributed by atoms with van der Waals surface area (Å²) in [6.07, 6.45) is 16.8. The number of hydrogen-bond donors (Lipinski definition) is 0. The average Bonchev–Trinajstić information content (AvgIpc) is 3.26. The summed E-state index contributed by atoms with van der Waals surface area (Å²) < 4.78 is 4.93. The number of ether oxygens (including phenoxy) is 1. The van der Waals surface area contributed by atoms with Crippen molar-refractivity contribution in [2.75, 3.05) is 7.11 Å². The number of carbonyl (C=O) groups excluding carboxylic acids is 1. The van der Waals surface area contributed by atoms with Crippen molar-refractivity contribution in [2.24, 2.45) is 50.7 Å². The zero-order valence-corrected chi connectivity index (χ0v) is 24.6. The Morgan fingerprint density at radius 3 is 2.22 bits per heavy atom. The third kappa shape index (κ3) is 3.32. The highest BCUT2D eigenvalue weighted by atomic mass is 16.5. The molecule has 0 N–H and O–H groups in total. The first-order valence-corrected chi connectivity index (χ1v) is 15.3. The highest BCUT2D eigenvalue weighted by Crippen LogP contribution is 2.76. The van der Waals surface area contributed by atoms with Crippen molar-refractivity contribution in [3.05, 3.63) is 41.5 Å². The molecule has 0 heterocycles. The lowest BCUT2D eigenvalue weighted by Crippen LogP contribution is -2.64. The summed E-state index contributed by atoms with van der Waals surface area (Å²) in [7, 11) is 1.45. The molecule has 6 unspecified atom stereocenters. The van der Waals surface area contributed by atoms with Crippen LogP contribution in [0.1, 0.15) is 122 Å². The number of hydrogen-bond acceptors (Lipinski definition) is 2. The monoisotopic (exact) mass is 502 g/mol. The number of methoxy groups -OCH3 is 1. The molecule has 8 atom stereocenters. The Kier molecular flexibility index (Phi) is 5.71. The van der Waals surface area contributed by atoms with Crippen LogP contribution in [0.5, 0.6) is 0 Å². The van der Waals surface area contributed by atoms with Crippen LogP contribution < -0.4 is 0 Å². The van der Waals surface area contributed by atoms with Crippen LogP contribution in [0, 0.1) is 50.7 Å². The molecule has 0 aromatic heterocycles. The van der Waals surface area contributed by atoms with E-state index in [9.17, 15) is 4.79 Å². The highest BCUT2D eigenvalue weighted by Gasteiger charge is 2.68. The first kappa shape index (κ1) is 25.7. The van der Waals surface area contributed by atoms with Gasteiger partial charge in [-0.25, -0.2) is 4.79 Å². The van der Waals surface area contributed by atoms with Crippen LogP contribution in [0.25, 0.3) is 5.57 Å². The van der Waals surface area contributed by atoms with Crippen LogP contribution in [-0.4, -0.2) is 13.1 Å². The van der Waals surface area contributed by atoms with Gasteiger partial charge in [-0.1, -0.05) is 66.2 Å². The smallest absolute Gasteiger partial charge is 0.337 e. The van der Waals surface area contributed by atoms with Gasteiger partial charge in [-0.2, -0.15) is 0 Å². The molecule has 2 heteroatoms. The fourth-order valence-electron chi connectivity index (χ4n) is 11.9. The molecule has 0 amide bonds. The van der Waals surface area contributed by atoms with E-state index >= 15 is 0 Å². The second-order valence-corrected chi connectivity index (χ2v) is 15.4. The summed E-state index contributed by atoms with van der Waals surface area (Å²) in [5, 5.41) is 0. The lowest BCUT2D eigenvalue weighted by atomic mass is 9.33. The summed E-state index contributed by atoms with van der Waals surface area (Å²) in [5.74, 6) is 3.15. The third-order valence-electron chi connectivity index (χ3n) is 14.0. The van der Waals surface area contributed by atoms with Gasteiger partial charge in [-0.3, -0.25) is 0 Å². The van der Waals surface area contributed by atoms with E-state index < -0.39 is 0 Å². The van der Waals surface area contributed by atoms with Gasteiger partial charge in [0.05, 0.1) is 12.7 Å². The molecule has 0 saturated heterocycles. The summed E-state index contributed by atoms with van der Waals surface area (Å²) >= 11 is 0. The molecule has 0 bridgehead atoms. The van der Waals surface area contributed by atoms with Crippen molar-refractivity contribution in [3.8, 4) is 0 Å². The van der Waals surface area contributed by atoms with Gasteiger partial charge < -0.3 is 4.74 Å². The van der Waals surface area contributed by atoms with Crippen LogP contribution in [-0.2, 0) is 4.74 Å². The van der Waals surface area contributed by atoms with Crippen molar-refractivity contribution < 1.29 is 9.53 Å². The van der Waals surface area contributed by atoms with Crippen molar-refractivity contribution >= 4 is 11.5 Å². The number of fused-ring (bicyclic) bond motifs is 7. The van der Waals surface area contributed by atoms with Gasteiger partial charge in [0.25, 0.3) is 0 Å². The van der Waals surface area contributed by atoms with Crippen molar-refractivity contribution in [2.45, 2.75) is 106 Å². The maximum absolute atomic E-state index is 12.0. The number of carbonyl (C=O) groups is 1. The summed E-state index contributed by atoms with van der Waals surface area (Å²) in [4.78, 5) is 12.0. The fourth-order valence-corrected chi connectivity index (χ4v) is 11.9. The zero-order chi connectivity index (χ0) is 26.4. The molecule has 4 fully saturated rings. The van der Waals surface area contributed by atoms with E-state index in [1.807, 2.05) is 12.1 Å². The predicted molar refractivity (Wildman–Crippen MR) is 152 cm³/mol. The molecule has 0 radical (unpaired) electrons. The summed E-state index contributed by atoms with van der Waals surface area (Å²) in [6.45, 7) is 15.8. The van der Waals surface area contributed by atoms with E-state index in [0.717, 1.165) is 17.8 Å². The maximum Gasteiger partial charge on any atom is 0.337 e. The largest absolute Gasteiger partial charge is 0.465 e. The van der Waals surface area contributed by atoms with E-state index in [-0.39, 0.29) is 11.4 Å². The number of benzene rings is 1. The third-order valence-corrected chi connectivity index (χ3v) is 14.0. The normalized spacial score (nSPS) is 46.1. The Morgan fingerprint density at radius 2 is 1.51 bits per heavy atom. The van der Waals surface area contributed by atoms with Crippen molar-refractivity contribution in [1.82, 2.24) is 0 Å². The first-order chi connectivity index (χ1) is 17.4. The lowest BCUT2D eigenvalue weighted by Gasteiger charge is -2.72. The first-order valence-electron chi connectivity index (χ1n) is 15.3. The Hall–Kier alpha value is -1.57. The molecule has 6 rings (SSSR count). The molecule has 1 aromatic carbocycles. The van der Waals surface area contributed by atoms with Gasteiger partial charge in [0.1, 0.15) is 0 Å². The second kappa shape index (κ2) is 8.22. The van der Waals surface area contributed by atoms with Crippen LogP contribution >= 0.6 is 0 Å². The fraction of sp³-hybridized carbons (Fsp3) is 0.743. The molecule has 2 nitrogen and oxygen atoms in total. The van der Waals surface area contributed by atoms with E-state index in [0.29, 0.717) is 33.1 Å². The van der Waals surface area contributed by atoms with Crippen LogP contribution in [0.15, 0.2) is 30.3 Å². The van der Waals surface area contributed by atoms with Crippen LogP contribution in [0.3, 0.4) is 0 Å². The lowest BCUT2D eigenvalue weighted by molar-refractivity contribution is -0.221. The van der Waals surface area contributed by atoms with E-state index in [4.69, 9.17) is 4.74 Å². The highest BCUT2D eigenvalue weighted by molar-refractivity contribution is 5.89. The summed E-state index contributed by atoms with van der Waals surface area (Å²) in [5.41, 5.74) is 5.44. The standard InChI is InChI=1S/C35H50O2/c1-31(2)25(23-10-12-24(13-11-23)30(36)37-7)16-19-33(4)28(31)17-20-35(6)29(33)15-14-27-26-9-8-18-32(26,3)21-22-34(27,35)5/h10-13,16,26-29H,8-9,14-15,17-22H2,1-7H3/t26-,27?,28?,29?,32?,33?,34-,35?/m1/s1. The quantitative estimate of drug-likeness (QED) is 0.377. The molecule has 0 spiro atoms. The molecule has 5 aliphatic rings. The molecular formula is C35H50O2. The molecule has 4 saturated carbocycles. The number of esters is 1. The van der Waals surface area contributed by atoms with Gasteiger partial charge in [-0.05, 0) is 132 Å². The molecule has 202 valence electrons. The predicted octanol–water partition coefficient (Wildman–Crippen LogP) is 9.34. The van der Waals surface area contributed by atoms with Crippen LogP contribution in [0.4, 0.5) is 0 Å². The van der Waals surface area contributed by atoms with Crippen LogP contribution in [0.2, 0.25) is 0 Å². The van der Waals surface area contributed by atoms with Crippen molar-refractivity contribution in [1.29, 1.82) is 0 Å². The topological polar surface area (TPSA) is 26.3 Å². The SMILES string of the molecule is COC(=O)c1ccc(C2=CCC3(C)C(CCC4(C)C3CCC3[C@H]5CCCC5(C)CC[C@]34C)C2(C)C)cc1. The van der Waals surface area contributed by atoms with E-state index in [2.05, 4.69) is 59.8 Å². The molecular weight excluding hydrogens is 452 g/mol. The number of allylic oxidation sites excluding steroid dienone is 2. The molecule has 37 heavy (non-hydrogen) atoms. The molecule has 1 aromatic rings. The van der Waals surface area contributed by atoms with Gasteiger partial charge in [0.2, 0.25) is 0 Å². The minimum absolute atomic E-state index is 0.120. The number of rotatable bonds is 2. The maximum atomic E-state index is 12.0.